The molecule has 256 valence electrons. The fraction of sp³-hybridized carbons (Fsp3) is 0.163. The molecule has 0 aliphatic heterocycles. The highest BCUT2D eigenvalue weighted by Gasteiger charge is 2.42. The van der Waals surface area contributed by atoms with Gasteiger partial charge in [-0.2, -0.15) is 26.3 Å². The van der Waals surface area contributed by atoms with E-state index in [-0.39, 0.29) is 28.1 Å². The number of aromatic nitrogens is 2. The molecule has 2 heterocycles. The second-order valence-electron chi connectivity index (χ2n) is 13.6. The number of nitrogens with zero attached hydrogens (tertiary/aromatic N) is 2. The van der Waals surface area contributed by atoms with Crippen molar-refractivity contribution >= 4 is 43.6 Å². The molecule has 0 N–H and O–H groups in total. The van der Waals surface area contributed by atoms with Crippen LogP contribution in [-0.4, -0.2) is 9.13 Å². The van der Waals surface area contributed by atoms with Gasteiger partial charge < -0.3 is 9.13 Å². The monoisotopic (exact) mass is 690 g/mol. The van der Waals surface area contributed by atoms with Crippen LogP contribution >= 0.6 is 0 Å². The first kappa shape index (κ1) is 32.7. The van der Waals surface area contributed by atoms with E-state index >= 15 is 13.2 Å². The number of benzene rings is 6. The van der Waals surface area contributed by atoms with E-state index < -0.39 is 23.5 Å². The maximum Gasteiger partial charge on any atom is 0.420 e. The standard InChI is InChI=1S/C43H32F6N2/c1-23-9-14-34-29(19-23)30-20-24(2)10-15-35(30)50(34)38-18-13-28(39-27(5)7-6-8-33(39)42(44,45)46)41(40(38)43(47,48)49)51-36-16-11-25(3)21-31(36)32-22-26(4)12-17-37(32)51/h6-22H,1-5H3. The van der Waals surface area contributed by atoms with Gasteiger partial charge in [0.2, 0.25) is 0 Å². The Morgan fingerprint density at radius 2 is 0.882 bits per heavy atom. The molecule has 6 aromatic carbocycles. The van der Waals surface area contributed by atoms with E-state index in [4.69, 9.17) is 0 Å². The van der Waals surface area contributed by atoms with Crippen LogP contribution in [0.1, 0.15) is 38.9 Å². The summed E-state index contributed by atoms with van der Waals surface area (Å²) in [7, 11) is 0. The predicted octanol–water partition coefficient (Wildman–Crippen LogP) is 13.1. The Morgan fingerprint density at radius 1 is 0.451 bits per heavy atom. The van der Waals surface area contributed by atoms with Crippen LogP contribution in [0, 0.1) is 34.6 Å². The van der Waals surface area contributed by atoms with Gasteiger partial charge in [-0.1, -0.05) is 64.7 Å². The summed E-state index contributed by atoms with van der Waals surface area (Å²) in [5, 5.41) is 2.99. The van der Waals surface area contributed by atoms with Crippen LogP contribution in [0.15, 0.2) is 103 Å². The van der Waals surface area contributed by atoms with E-state index in [1.54, 1.807) is 16.7 Å². The first-order valence-electron chi connectivity index (χ1n) is 16.6. The van der Waals surface area contributed by atoms with E-state index in [1.165, 1.54) is 35.8 Å². The lowest BCUT2D eigenvalue weighted by Gasteiger charge is -2.26. The molecule has 0 spiro atoms. The highest BCUT2D eigenvalue weighted by molar-refractivity contribution is 6.12. The third kappa shape index (κ3) is 5.10. The minimum absolute atomic E-state index is 0.163. The quantitative estimate of drug-likeness (QED) is 0.163. The second kappa shape index (κ2) is 11.3. The van der Waals surface area contributed by atoms with Crippen LogP contribution in [0.3, 0.4) is 0 Å². The van der Waals surface area contributed by atoms with Crippen molar-refractivity contribution in [3.05, 3.63) is 142 Å². The summed E-state index contributed by atoms with van der Waals surface area (Å²) >= 11 is 0. The number of hydrogen-bond acceptors (Lipinski definition) is 0. The van der Waals surface area contributed by atoms with Crippen molar-refractivity contribution in [1.82, 2.24) is 9.13 Å². The van der Waals surface area contributed by atoms with Gasteiger partial charge in [0.25, 0.3) is 0 Å². The van der Waals surface area contributed by atoms with Gasteiger partial charge >= 0.3 is 12.4 Å². The summed E-state index contributed by atoms with van der Waals surface area (Å²) in [6, 6.07) is 28.7. The fourth-order valence-electron chi connectivity index (χ4n) is 7.74. The zero-order chi connectivity index (χ0) is 36.1. The smallest absolute Gasteiger partial charge is 0.309 e. The Labute approximate surface area is 290 Å². The van der Waals surface area contributed by atoms with E-state index in [1.807, 2.05) is 88.4 Å². The summed E-state index contributed by atoms with van der Waals surface area (Å²) in [6.07, 6.45) is -9.83. The third-order valence-corrected chi connectivity index (χ3v) is 9.90. The van der Waals surface area contributed by atoms with Gasteiger partial charge in [-0.25, -0.2) is 0 Å². The molecule has 0 radical (unpaired) electrons. The van der Waals surface area contributed by atoms with Crippen LogP contribution in [0.25, 0.3) is 66.1 Å². The van der Waals surface area contributed by atoms with Gasteiger partial charge in [-0.15, -0.1) is 0 Å². The summed E-state index contributed by atoms with van der Waals surface area (Å²) < 4.78 is 96.2. The first-order valence-corrected chi connectivity index (χ1v) is 16.6. The molecule has 0 aliphatic carbocycles. The van der Waals surface area contributed by atoms with Crippen LogP contribution in [0.5, 0.6) is 0 Å². The highest BCUT2D eigenvalue weighted by atomic mass is 19.4. The fourth-order valence-corrected chi connectivity index (χ4v) is 7.74. The predicted molar refractivity (Wildman–Crippen MR) is 194 cm³/mol. The van der Waals surface area contributed by atoms with Gasteiger partial charge in [-0.3, -0.25) is 0 Å². The average molecular weight is 691 g/mol. The van der Waals surface area contributed by atoms with Crippen molar-refractivity contribution in [2.75, 3.05) is 0 Å². The van der Waals surface area contributed by atoms with Gasteiger partial charge in [0, 0.05) is 27.1 Å². The maximum atomic E-state index is 16.2. The first-order chi connectivity index (χ1) is 24.1. The Bertz CT molecular complexity index is 2600. The molecule has 8 aromatic rings. The lowest BCUT2D eigenvalue weighted by molar-refractivity contribution is -0.137. The molecule has 8 rings (SSSR count). The number of alkyl halides is 6. The van der Waals surface area contributed by atoms with Crippen molar-refractivity contribution < 1.29 is 26.3 Å². The maximum absolute atomic E-state index is 16.2. The molecule has 0 saturated carbocycles. The van der Waals surface area contributed by atoms with E-state index in [9.17, 15) is 13.2 Å². The van der Waals surface area contributed by atoms with Gasteiger partial charge in [0.15, 0.2) is 0 Å². The Balaban J connectivity index is 1.65. The molecule has 0 aliphatic rings. The van der Waals surface area contributed by atoms with Crippen LogP contribution < -0.4 is 0 Å². The summed E-state index contributed by atoms with van der Waals surface area (Å²) in [5.41, 5.74) is 2.94. The minimum atomic E-state index is -5.00. The normalized spacial score (nSPS) is 12.6. The third-order valence-electron chi connectivity index (χ3n) is 9.90. The van der Waals surface area contributed by atoms with Crippen molar-refractivity contribution in [2.45, 2.75) is 47.0 Å². The lowest BCUT2D eigenvalue weighted by Crippen LogP contribution is -2.18. The van der Waals surface area contributed by atoms with E-state index in [0.29, 0.717) is 32.8 Å². The van der Waals surface area contributed by atoms with Crippen molar-refractivity contribution in [3.63, 3.8) is 0 Å². The molecule has 0 amide bonds. The Kier molecular flexibility index (Phi) is 7.21. The summed E-state index contributed by atoms with van der Waals surface area (Å²) in [4.78, 5) is 0. The van der Waals surface area contributed by atoms with Crippen molar-refractivity contribution in [2.24, 2.45) is 0 Å². The molecular weight excluding hydrogens is 658 g/mol. The number of fused-ring (bicyclic) bond motifs is 6. The minimum Gasteiger partial charge on any atom is -0.309 e. The Hall–Kier alpha value is -5.50. The molecule has 2 nitrogen and oxygen atoms in total. The average Bonchev–Trinajstić information content (AvgIpc) is 3.54. The van der Waals surface area contributed by atoms with Gasteiger partial charge in [-0.05, 0) is 106 Å². The molecule has 51 heavy (non-hydrogen) atoms. The van der Waals surface area contributed by atoms with Gasteiger partial charge in [0.05, 0.1) is 39.0 Å². The number of aryl methyl sites for hydroxylation is 5. The lowest BCUT2D eigenvalue weighted by atomic mass is 9.90. The SMILES string of the molecule is Cc1ccc2c(c1)c1cc(C)ccc1n2-c1ccc(-c2c(C)cccc2C(F)(F)F)c(-n2c3ccc(C)cc3c3cc(C)ccc32)c1C(F)(F)F. The molecule has 2 aromatic heterocycles. The Morgan fingerprint density at radius 3 is 1.29 bits per heavy atom. The molecule has 0 fully saturated rings. The molecule has 0 bridgehead atoms. The topological polar surface area (TPSA) is 9.86 Å². The van der Waals surface area contributed by atoms with Crippen molar-refractivity contribution in [1.29, 1.82) is 0 Å². The zero-order valence-electron chi connectivity index (χ0n) is 28.5. The van der Waals surface area contributed by atoms with Crippen LogP contribution in [-0.2, 0) is 12.4 Å². The zero-order valence-corrected chi connectivity index (χ0v) is 28.5. The largest absolute Gasteiger partial charge is 0.420 e. The highest BCUT2D eigenvalue weighted by Crippen LogP contribution is 2.50. The molecule has 0 saturated heterocycles. The second-order valence-corrected chi connectivity index (χ2v) is 13.6. The molecule has 0 atom stereocenters. The number of rotatable bonds is 3. The van der Waals surface area contributed by atoms with Gasteiger partial charge in [0.1, 0.15) is 5.56 Å². The molecular formula is C43H32F6N2. The molecule has 0 unspecified atom stereocenters. The summed E-state index contributed by atoms with van der Waals surface area (Å²) in [6.45, 7) is 9.17. The van der Waals surface area contributed by atoms with Crippen LogP contribution in [0.4, 0.5) is 26.3 Å². The van der Waals surface area contributed by atoms with E-state index in [0.717, 1.165) is 39.1 Å². The van der Waals surface area contributed by atoms with E-state index in [2.05, 4.69) is 0 Å². The van der Waals surface area contributed by atoms with Crippen molar-refractivity contribution in [3.8, 4) is 22.5 Å². The summed E-state index contributed by atoms with van der Waals surface area (Å²) in [5.74, 6) is 0. The van der Waals surface area contributed by atoms with Crippen LogP contribution in [0.2, 0.25) is 0 Å². The number of hydrogen-bond donors (Lipinski definition) is 0. The number of halogens is 6. The molecule has 8 heteroatoms.